The van der Waals surface area contributed by atoms with Crippen molar-refractivity contribution >= 4 is 27.5 Å². The highest BCUT2D eigenvalue weighted by atomic mass is 32.2. The molecule has 2 amide bonds. The van der Waals surface area contributed by atoms with E-state index >= 15 is 0 Å². The number of ether oxygens (including phenoxy) is 4. The van der Waals surface area contributed by atoms with E-state index in [2.05, 4.69) is 5.32 Å². The minimum Gasteiger partial charge on any atom is -0.497 e. The zero-order valence-electron chi connectivity index (χ0n) is 29.5. The van der Waals surface area contributed by atoms with Gasteiger partial charge in [-0.3, -0.25) is 13.9 Å². The Balaban J connectivity index is 1.90. The third-order valence-corrected chi connectivity index (χ3v) is 9.81. The molecule has 11 nitrogen and oxygen atoms in total. The number of methoxy groups -OCH3 is 4. The van der Waals surface area contributed by atoms with Crippen molar-refractivity contribution in [2.45, 2.75) is 50.7 Å². The van der Waals surface area contributed by atoms with Gasteiger partial charge in [-0.15, -0.1) is 0 Å². The predicted molar refractivity (Wildman–Crippen MR) is 193 cm³/mol. The highest BCUT2D eigenvalue weighted by Gasteiger charge is 2.36. The smallest absolute Gasteiger partial charge is 0.265 e. The molecule has 0 saturated heterocycles. The summed E-state index contributed by atoms with van der Waals surface area (Å²) in [6.45, 7) is 5.01. The summed E-state index contributed by atoms with van der Waals surface area (Å²) < 4.78 is 52.0. The molecule has 1 N–H and O–H groups in total. The largest absolute Gasteiger partial charge is 0.497 e. The van der Waals surface area contributed by atoms with E-state index in [-0.39, 0.29) is 47.0 Å². The average Bonchev–Trinajstić information content (AvgIpc) is 3.12. The summed E-state index contributed by atoms with van der Waals surface area (Å²) in [6.07, 6.45) is 0.196. The number of benzene rings is 4. The van der Waals surface area contributed by atoms with Crippen molar-refractivity contribution in [3.8, 4) is 23.0 Å². The lowest BCUT2D eigenvalue weighted by Crippen LogP contribution is -2.54. The average molecular weight is 704 g/mol. The second-order valence-electron chi connectivity index (χ2n) is 11.9. The minimum absolute atomic E-state index is 0.0433. The van der Waals surface area contributed by atoms with Gasteiger partial charge >= 0.3 is 0 Å². The second-order valence-corrected chi connectivity index (χ2v) is 13.8. The third kappa shape index (κ3) is 9.06. The van der Waals surface area contributed by atoms with Crippen LogP contribution >= 0.6 is 0 Å². The number of hydrogen-bond donors (Lipinski definition) is 1. The molecule has 266 valence electrons. The van der Waals surface area contributed by atoms with Gasteiger partial charge < -0.3 is 29.2 Å². The Morgan fingerprint density at radius 1 is 0.740 bits per heavy atom. The van der Waals surface area contributed by atoms with Gasteiger partial charge in [-0.05, 0) is 56.2 Å². The Bertz CT molecular complexity index is 1870. The van der Waals surface area contributed by atoms with Crippen molar-refractivity contribution in [3.63, 3.8) is 0 Å². The van der Waals surface area contributed by atoms with E-state index < -0.39 is 28.5 Å². The van der Waals surface area contributed by atoms with Gasteiger partial charge in [-0.25, -0.2) is 8.42 Å². The molecule has 0 aliphatic carbocycles. The first-order chi connectivity index (χ1) is 23.9. The zero-order valence-corrected chi connectivity index (χ0v) is 30.3. The van der Waals surface area contributed by atoms with Crippen molar-refractivity contribution in [2.24, 2.45) is 0 Å². The number of nitrogens with one attached hydrogen (secondary N) is 1. The van der Waals surface area contributed by atoms with Crippen LogP contribution in [0.3, 0.4) is 0 Å². The number of carbonyl (C=O) groups is 2. The fraction of sp³-hybridized carbons (Fsp3) is 0.316. The van der Waals surface area contributed by atoms with Crippen LogP contribution in [0.15, 0.2) is 95.9 Å². The number of carbonyl (C=O) groups excluding carboxylic acids is 2. The first kappa shape index (κ1) is 37.6. The lowest BCUT2D eigenvalue weighted by Gasteiger charge is -2.34. The summed E-state index contributed by atoms with van der Waals surface area (Å²) in [6, 6.07) is 24.7. The van der Waals surface area contributed by atoms with Crippen LogP contribution in [0.1, 0.15) is 30.5 Å². The molecule has 0 unspecified atom stereocenters. The van der Waals surface area contributed by atoms with Crippen molar-refractivity contribution < 1.29 is 37.0 Å². The maximum atomic E-state index is 14.8. The second kappa shape index (κ2) is 16.9. The maximum absolute atomic E-state index is 14.8. The van der Waals surface area contributed by atoms with Crippen LogP contribution in [-0.4, -0.2) is 72.2 Å². The van der Waals surface area contributed by atoms with Crippen LogP contribution in [0.25, 0.3) is 0 Å². The molecule has 0 aliphatic heterocycles. The Hall–Kier alpha value is -5.23. The third-order valence-electron chi connectivity index (χ3n) is 8.05. The highest BCUT2D eigenvalue weighted by molar-refractivity contribution is 7.92. The van der Waals surface area contributed by atoms with Crippen molar-refractivity contribution in [1.29, 1.82) is 0 Å². The van der Waals surface area contributed by atoms with E-state index in [1.807, 2.05) is 75.4 Å². The number of nitrogens with zero attached hydrogens (tertiary/aromatic N) is 2. The molecule has 0 fully saturated rings. The van der Waals surface area contributed by atoms with Gasteiger partial charge in [0.25, 0.3) is 10.0 Å². The van der Waals surface area contributed by atoms with E-state index in [1.165, 1.54) is 57.6 Å². The van der Waals surface area contributed by atoms with Gasteiger partial charge in [-0.1, -0.05) is 60.2 Å². The monoisotopic (exact) mass is 703 g/mol. The van der Waals surface area contributed by atoms with Gasteiger partial charge in [0.2, 0.25) is 11.8 Å². The molecular formula is C38H45N3O8S. The van der Waals surface area contributed by atoms with E-state index in [9.17, 15) is 18.0 Å². The van der Waals surface area contributed by atoms with Crippen LogP contribution in [-0.2, 0) is 32.6 Å². The quantitative estimate of drug-likeness (QED) is 0.165. The van der Waals surface area contributed by atoms with E-state index in [4.69, 9.17) is 18.9 Å². The number of aryl methyl sites for hydroxylation is 1. The molecule has 0 aromatic heterocycles. The van der Waals surface area contributed by atoms with E-state index in [0.29, 0.717) is 11.5 Å². The van der Waals surface area contributed by atoms with Crippen molar-refractivity contribution in [1.82, 2.24) is 10.2 Å². The van der Waals surface area contributed by atoms with Crippen molar-refractivity contribution in [3.05, 3.63) is 108 Å². The molecule has 0 spiro atoms. The van der Waals surface area contributed by atoms with Gasteiger partial charge in [-0.2, -0.15) is 0 Å². The lowest BCUT2D eigenvalue weighted by molar-refractivity contribution is -0.140. The standard InChI is InChI=1S/C38H45N3O8S/c1-26(2)39-38(43)33(21-28-11-9-8-10-12-28)40(24-29-15-13-27(3)14-16-29)37(42)25-41(32-22-30(46-4)17-19-34(32)47-5)50(44,45)31-18-20-35(48-6)36(23-31)49-7/h8-20,22-23,26,33H,21,24-25H2,1-7H3,(H,39,43)/t33-/m0/s1. The Kier molecular flexibility index (Phi) is 12.7. The zero-order chi connectivity index (χ0) is 36.4. The van der Waals surface area contributed by atoms with Crippen LogP contribution in [0.4, 0.5) is 5.69 Å². The topological polar surface area (TPSA) is 124 Å². The number of anilines is 1. The fourth-order valence-corrected chi connectivity index (χ4v) is 6.87. The minimum atomic E-state index is -4.49. The molecule has 0 radical (unpaired) electrons. The molecule has 4 rings (SSSR count). The van der Waals surface area contributed by atoms with Crippen LogP contribution in [0.5, 0.6) is 23.0 Å². The number of rotatable bonds is 16. The maximum Gasteiger partial charge on any atom is 0.265 e. The molecule has 0 heterocycles. The van der Waals surface area contributed by atoms with Crippen molar-refractivity contribution in [2.75, 3.05) is 39.3 Å². The molecule has 0 aliphatic rings. The number of hydrogen-bond acceptors (Lipinski definition) is 8. The SMILES string of the molecule is COc1ccc(OC)c(N(CC(=O)N(Cc2ccc(C)cc2)[C@@H](Cc2ccccc2)C(=O)NC(C)C)S(=O)(=O)c2ccc(OC)c(OC)c2)c1. The summed E-state index contributed by atoms with van der Waals surface area (Å²) in [5, 5.41) is 2.96. The molecule has 0 bridgehead atoms. The van der Waals surface area contributed by atoms with Crippen LogP contribution in [0, 0.1) is 6.92 Å². The first-order valence-electron chi connectivity index (χ1n) is 16.1. The van der Waals surface area contributed by atoms with Crippen LogP contribution in [0.2, 0.25) is 0 Å². The normalized spacial score (nSPS) is 11.8. The predicted octanol–water partition coefficient (Wildman–Crippen LogP) is 5.39. The molecular weight excluding hydrogens is 658 g/mol. The Labute approximate surface area is 294 Å². The summed E-state index contributed by atoms with van der Waals surface area (Å²) in [4.78, 5) is 30.0. The Morgan fingerprint density at radius 3 is 1.98 bits per heavy atom. The molecule has 12 heteroatoms. The summed E-state index contributed by atoms with van der Waals surface area (Å²) >= 11 is 0. The molecule has 50 heavy (non-hydrogen) atoms. The van der Waals surface area contributed by atoms with Gasteiger partial charge in [0.1, 0.15) is 24.1 Å². The molecule has 4 aromatic carbocycles. The van der Waals surface area contributed by atoms with Gasteiger partial charge in [0.05, 0.1) is 39.0 Å². The highest BCUT2D eigenvalue weighted by Crippen LogP contribution is 2.38. The number of amides is 2. The molecule has 4 aromatic rings. The first-order valence-corrected chi connectivity index (χ1v) is 17.5. The van der Waals surface area contributed by atoms with Gasteiger partial charge in [0.15, 0.2) is 11.5 Å². The van der Waals surface area contributed by atoms with E-state index in [1.54, 1.807) is 12.1 Å². The molecule has 1 atom stereocenters. The summed E-state index contributed by atoms with van der Waals surface area (Å²) in [7, 11) is 1.22. The lowest BCUT2D eigenvalue weighted by atomic mass is 10.0. The van der Waals surface area contributed by atoms with E-state index in [0.717, 1.165) is 21.0 Å². The van der Waals surface area contributed by atoms with Gasteiger partial charge in [0, 0.05) is 31.1 Å². The summed E-state index contributed by atoms with van der Waals surface area (Å²) in [5.74, 6) is 0.0718. The molecule has 0 saturated carbocycles. The fourth-order valence-electron chi connectivity index (χ4n) is 5.43. The summed E-state index contributed by atoms with van der Waals surface area (Å²) in [5.41, 5.74) is 2.70. The Morgan fingerprint density at radius 2 is 1.38 bits per heavy atom. The number of sulfonamides is 1. The van der Waals surface area contributed by atoms with Crippen LogP contribution < -0.4 is 28.6 Å².